The zero-order chi connectivity index (χ0) is 13.7. The predicted octanol–water partition coefficient (Wildman–Crippen LogP) is 1.98. The topological polar surface area (TPSA) is 50.4 Å². The summed E-state index contributed by atoms with van der Waals surface area (Å²) in [4.78, 5) is 11.0. The first kappa shape index (κ1) is 14.8. The van der Waals surface area contributed by atoms with Gasteiger partial charge in [-0.1, -0.05) is 6.92 Å². The van der Waals surface area contributed by atoms with E-state index in [-0.39, 0.29) is 5.91 Å². The van der Waals surface area contributed by atoms with Gasteiger partial charge in [0.05, 0.1) is 6.10 Å². The predicted molar refractivity (Wildman–Crippen MR) is 76.0 cm³/mol. The lowest BCUT2D eigenvalue weighted by atomic mass is 9.90. The van der Waals surface area contributed by atoms with E-state index in [0.29, 0.717) is 24.2 Å². The van der Waals surface area contributed by atoms with Crippen LogP contribution in [-0.4, -0.2) is 36.7 Å². The Labute approximate surface area is 116 Å². The summed E-state index contributed by atoms with van der Waals surface area (Å²) >= 11 is 0. The van der Waals surface area contributed by atoms with Gasteiger partial charge in [0.1, 0.15) is 0 Å². The van der Waals surface area contributed by atoms with Crippen molar-refractivity contribution in [2.45, 2.75) is 83.0 Å². The third-order valence-corrected chi connectivity index (χ3v) is 4.44. The summed E-state index contributed by atoms with van der Waals surface area (Å²) < 4.78 is 5.80. The fourth-order valence-electron chi connectivity index (χ4n) is 3.40. The van der Waals surface area contributed by atoms with Crippen LogP contribution in [-0.2, 0) is 9.53 Å². The first-order chi connectivity index (χ1) is 9.19. The van der Waals surface area contributed by atoms with Crippen LogP contribution >= 0.6 is 0 Å². The molecule has 2 rings (SSSR count). The Morgan fingerprint density at radius 2 is 1.89 bits per heavy atom. The van der Waals surface area contributed by atoms with Crippen molar-refractivity contribution in [3.63, 3.8) is 0 Å². The van der Waals surface area contributed by atoms with Crippen LogP contribution in [0.1, 0.15) is 58.8 Å². The molecule has 4 nitrogen and oxygen atoms in total. The van der Waals surface area contributed by atoms with Crippen molar-refractivity contribution in [2.75, 3.05) is 6.61 Å². The fourth-order valence-corrected chi connectivity index (χ4v) is 3.40. The molecule has 0 spiro atoms. The van der Waals surface area contributed by atoms with E-state index in [2.05, 4.69) is 17.6 Å². The van der Waals surface area contributed by atoms with Crippen LogP contribution in [0.3, 0.4) is 0 Å². The van der Waals surface area contributed by atoms with Gasteiger partial charge in [-0.05, 0) is 44.9 Å². The summed E-state index contributed by atoms with van der Waals surface area (Å²) in [6, 6.07) is 1.49. The Morgan fingerprint density at radius 1 is 1.21 bits per heavy atom. The Bertz CT molecular complexity index is 282. The zero-order valence-corrected chi connectivity index (χ0v) is 12.3. The average Bonchev–Trinajstić information content (AvgIpc) is 2.91. The molecule has 4 heteroatoms. The minimum Gasteiger partial charge on any atom is -0.377 e. The number of ether oxygens (including phenoxy) is 1. The second-order valence-corrected chi connectivity index (χ2v) is 5.98. The quantitative estimate of drug-likeness (QED) is 0.801. The van der Waals surface area contributed by atoms with Crippen LogP contribution in [0.4, 0.5) is 0 Å². The van der Waals surface area contributed by atoms with Crippen LogP contribution in [0.15, 0.2) is 0 Å². The van der Waals surface area contributed by atoms with Crippen molar-refractivity contribution in [3.05, 3.63) is 0 Å². The highest BCUT2D eigenvalue weighted by atomic mass is 16.5. The van der Waals surface area contributed by atoms with Gasteiger partial charge in [-0.15, -0.1) is 0 Å². The van der Waals surface area contributed by atoms with Crippen molar-refractivity contribution in [1.82, 2.24) is 10.6 Å². The molecule has 2 N–H and O–H groups in total. The van der Waals surface area contributed by atoms with Crippen LogP contribution < -0.4 is 10.6 Å². The van der Waals surface area contributed by atoms with E-state index < -0.39 is 0 Å². The highest BCUT2D eigenvalue weighted by Crippen LogP contribution is 2.23. The van der Waals surface area contributed by atoms with Crippen LogP contribution in [0.2, 0.25) is 0 Å². The summed E-state index contributed by atoms with van der Waals surface area (Å²) in [6.07, 6.45) is 8.47. The van der Waals surface area contributed by atoms with Gasteiger partial charge in [-0.25, -0.2) is 0 Å². The molecule has 0 bridgehead atoms. The molecule has 19 heavy (non-hydrogen) atoms. The van der Waals surface area contributed by atoms with E-state index in [1.807, 2.05) is 0 Å². The molecule has 110 valence electrons. The molecule has 1 aliphatic carbocycles. The first-order valence-electron chi connectivity index (χ1n) is 7.83. The SMILES string of the molecule is CCC(NC1CCC(NC(C)=O)CC1)C1CCCO1. The molecule has 2 unspecified atom stereocenters. The Morgan fingerprint density at radius 3 is 2.42 bits per heavy atom. The van der Waals surface area contributed by atoms with Crippen molar-refractivity contribution in [1.29, 1.82) is 0 Å². The number of hydrogen-bond acceptors (Lipinski definition) is 3. The Balaban J connectivity index is 1.73. The average molecular weight is 268 g/mol. The van der Waals surface area contributed by atoms with E-state index >= 15 is 0 Å². The molecule has 0 aromatic heterocycles. The molecule has 1 saturated heterocycles. The van der Waals surface area contributed by atoms with Crippen LogP contribution in [0, 0.1) is 0 Å². The lowest BCUT2D eigenvalue weighted by Gasteiger charge is -2.34. The number of carbonyl (C=O) groups is 1. The maximum atomic E-state index is 11.0. The molecular formula is C15H28N2O2. The van der Waals surface area contributed by atoms with Crippen molar-refractivity contribution in [3.8, 4) is 0 Å². The molecule has 0 aromatic rings. The Kier molecular flexibility index (Phi) is 5.64. The summed E-state index contributed by atoms with van der Waals surface area (Å²) in [5.41, 5.74) is 0. The number of amides is 1. The lowest BCUT2D eigenvalue weighted by molar-refractivity contribution is -0.119. The molecule has 1 saturated carbocycles. The molecule has 0 radical (unpaired) electrons. The highest BCUT2D eigenvalue weighted by Gasteiger charge is 2.28. The van der Waals surface area contributed by atoms with Gasteiger partial charge < -0.3 is 15.4 Å². The molecule has 0 aromatic carbocycles. The number of hydrogen-bond donors (Lipinski definition) is 2. The maximum absolute atomic E-state index is 11.0. The second kappa shape index (κ2) is 7.25. The molecule has 1 amide bonds. The minimum absolute atomic E-state index is 0.0993. The van der Waals surface area contributed by atoms with Gasteiger partial charge in [0, 0.05) is 31.7 Å². The standard InChI is InChI=1S/C15H28N2O2/c1-3-14(15-5-4-10-19-15)17-13-8-6-12(7-9-13)16-11(2)18/h12-15,17H,3-10H2,1-2H3,(H,16,18). The number of rotatable bonds is 5. The van der Waals surface area contributed by atoms with E-state index in [1.54, 1.807) is 6.92 Å². The summed E-state index contributed by atoms with van der Waals surface area (Å²) in [7, 11) is 0. The minimum atomic E-state index is 0.0993. The van der Waals surface area contributed by atoms with Gasteiger partial charge in [0.2, 0.25) is 5.91 Å². The normalized spacial score (nSPS) is 33.1. The largest absolute Gasteiger partial charge is 0.377 e. The highest BCUT2D eigenvalue weighted by molar-refractivity contribution is 5.73. The van der Waals surface area contributed by atoms with E-state index in [1.165, 1.54) is 12.8 Å². The molecule has 2 aliphatic rings. The molecule has 2 fully saturated rings. The number of nitrogens with one attached hydrogen (secondary N) is 2. The molecule has 1 heterocycles. The first-order valence-corrected chi connectivity index (χ1v) is 7.83. The van der Waals surface area contributed by atoms with Crippen LogP contribution in [0.25, 0.3) is 0 Å². The van der Waals surface area contributed by atoms with E-state index in [0.717, 1.165) is 38.7 Å². The van der Waals surface area contributed by atoms with Crippen molar-refractivity contribution < 1.29 is 9.53 Å². The van der Waals surface area contributed by atoms with E-state index in [4.69, 9.17) is 4.74 Å². The van der Waals surface area contributed by atoms with Crippen molar-refractivity contribution >= 4 is 5.91 Å². The van der Waals surface area contributed by atoms with Crippen LogP contribution in [0.5, 0.6) is 0 Å². The molecule has 2 atom stereocenters. The Hall–Kier alpha value is -0.610. The van der Waals surface area contributed by atoms with Gasteiger partial charge in [0.15, 0.2) is 0 Å². The fraction of sp³-hybridized carbons (Fsp3) is 0.933. The summed E-state index contributed by atoms with van der Waals surface area (Å²) in [5.74, 6) is 0.0993. The van der Waals surface area contributed by atoms with Gasteiger partial charge in [0.25, 0.3) is 0 Å². The van der Waals surface area contributed by atoms with Gasteiger partial charge >= 0.3 is 0 Å². The number of carbonyl (C=O) groups excluding carboxylic acids is 1. The van der Waals surface area contributed by atoms with E-state index in [9.17, 15) is 4.79 Å². The summed E-state index contributed by atoms with van der Waals surface area (Å²) in [6.45, 7) is 4.77. The lowest BCUT2D eigenvalue weighted by Crippen LogP contribution is -2.48. The maximum Gasteiger partial charge on any atom is 0.217 e. The summed E-state index contributed by atoms with van der Waals surface area (Å²) in [5, 5.41) is 6.82. The monoisotopic (exact) mass is 268 g/mol. The third kappa shape index (κ3) is 4.46. The van der Waals surface area contributed by atoms with Gasteiger partial charge in [-0.2, -0.15) is 0 Å². The second-order valence-electron chi connectivity index (χ2n) is 5.98. The molecule has 1 aliphatic heterocycles. The smallest absolute Gasteiger partial charge is 0.217 e. The van der Waals surface area contributed by atoms with Crippen molar-refractivity contribution in [2.24, 2.45) is 0 Å². The van der Waals surface area contributed by atoms with Gasteiger partial charge in [-0.3, -0.25) is 4.79 Å². The molecular weight excluding hydrogens is 240 g/mol. The zero-order valence-electron chi connectivity index (χ0n) is 12.3. The third-order valence-electron chi connectivity index (χ3n) is 4.44.